The Morgan fingerprint density at radius 1 is 1.32 bits per heavy atom. The molecule has 1 fully saturated rings. The Bertz CT molecular complexity index is 956. The second-order valence-corrected chi connectivity index (χ2v) is 8.29. The van der Waals surface area contributed by atoms with Gasteiger partial charge in [-0.25, -0.2) is 9.48 Å². The van der Waals surface area contributed by atoms with E-state index in [0.29, 0.717) is 56.6 Å². The predicted molar refractivity (Wildman–Crippen MR) is 102 cm³/mol. The van der Waals surface area contributed by atoms with Crippen LogP contribution in [0.1, 0.15) is 49.2 Å². The maximum atomic E-state index is 13.2. The molecule has 2 aliphatic rings. The summed E-state index contributed by atoms with van der Waals surface area (Å²) in [5.41, 5.74) is 0.928. The third kappa shape index (κ3) is 3.17. The van der Waals surface area contributed by atoms with Crippen LogP contribution in [0.15, 0.2) is 10.9 Å². The van der Waals surface area contributed by atoms with E-state index in [1.54, 1.807) is 16.3 Å². The highest BCUT2D eigenvalue weighted by Crippen LogP contribution is 2.32. The van der Waals surface area contributed by atoms with Gasteiger partial charge in [0.15, 0.2) is 5.82 Å². The van der Waals surface area contributed by atoms with Gasteiger partial charge < -0.3 is 9.64 Å². The van der Waals surface area contributed by atoms with E-state index in [-0.39, 0.29) is 11.6 Å². The molecule has 4 rings (SSSR count). The van der Waals surface area contributed by atoms with Crippen LogP contribution >= 0.6 is 0 Å². The Balaban J connectivity index is 1.53. The molecule has 2 aliphatic heterocycles. The van der Waals surface area contributed by atoms with Gasteiger partial charge in [0, 0.05) is 20.1 Å². The van der Waals surface area contributed by atoms with Gasteiger partial charge in [0.25, 0.3) is 5.91 Å². The molecule has 4 heterocycles. The number of likely N-dealkylation sites (tertiary alicyclic amines) is 1. The van der Waals surface area contributed by atoms with Crippen LogP contribution in [0, 0.1) is 5.92 Å². The van der Waals surface area contributed by atoms with Crippen molar-refractivity contribution in [1.29, 1.82) is 0 Å². The van der Waals surface area contributed by atoms with Gasteiger partial charge in [-0.1, -0.05) is 13.8 Å². The zero-order chi connectivity index (χ0) is 20.1. The monoisotopic (exact) mass is 388 g/mol. The maximum absolute atomic E-state index is 13.2. The van der Waals surface area contributed by atoms with Gasteiger partial charge in [-0.05, 0) is 31.7 Å². The standard InChI is InChI=1S/C19H28N6O3/c1-5-25-15(9-14(20-25)8-13(2)3)17(26)23-7-6-19(11-23)12-24-16(10-28-19)21-22(4)18(24)27/h9,13H,5-8,10-12H2,1-4H3. The first kappa shape index (κ1) is 18.9. The van der Waals surface area contributed by atoms with Gasteiger partial charge in [-0.2, -0.15) is 10.2 Å². The lowest BCUT2D eigenvalue weighted by Crippen LogP contribution is -2.47. The van der Waals surface area contributed by atoms with Crippen molar-refractivity contribution in [3.8, 4) is 0 Å². The maximum Gasteiger partial charge on any atom is 0.345 e. The SMILES string of the molecule is CCn1nc(CC(C)C)cc1C(=O)N1CCC2(C1)Cn1c(nn(C)c1=O)CO2. The first-order valence-electron chi connectivity index (χ1n) is 9.94. The summed E-state index contributed by atoms with van der Waals surface area (Å²) in [6.07, 6.45) is 1.56. The van der Waals surface area contributed by atoms with Crippen molar-refractivity contribution in [2.24, 2.45) is 13.0 Å². The molecule has 1 saturated heterocycles. The minimum absolute atomic E-state index is 0.0193. The molecule has 0 N–H and O–H groups in total. The molecular formula is C19H28N6O3. The third-order valence-corrected chi connectivity index (χ3v) is 5.61. The quantitative estimate of drug-likeness (QED) is 0.774. The minimum Gasteiger partial charge on any atom is -0.363 e. The average Bonchev–Trinajstić information content (AvgIpc) is 3.32. The first-order valence-corrected chi connectivity index (χ1v) is 9.94. The van der Waals surface area contributed by atoms with Crippen LogP contribution in [0.5, 0.6) is 0 Å². The summed E-state index contributed by atoms with van der Waals surface area (Å²) in [5, 5.41) is 8.80. The molecule has 0 radical (unpaired) electrons. The van der Waals surface area contributed by atoms with Gasteiger partial charge >= 0.3 is 5.69 Å². The predicted octanol–water partition coefficient (Wildman–Crippen LogP) is 0.812. The van der Waals surface area contributed by atoms with Crippen LogP contribution < -0.4 is 5.69 Å². The van der Waals surface area contributed by atoms with Crippen molar-refractivity contribution < 1.29 is 9.53 Å². The normalized spacial score (nSPS) is 21.7. The summed E-state index contributed by atoms with van der Waals surface area (Å²) in [7, 11) is 1.64. The van der Waals surface area contributed by atoms with Crippen LogP contribution in [-0.4, -0.2) is 53.6 Å². The highest BCUT2D eigenvalue weighted by Gasteiger charge is 2.45. The number of hydrogen-bond donors (Lipinski definition) is 0. The van der Waals surface area contributed by atoms with E-state index in [1.165, 1.54) is 4.68 Å². The number of fused-ring (bicyclic) bond motifs is 1. The van der Waals surface area contributed by atoms with Crippen LogP contribution in [0.3, 0.4) is 0 Å². The van der Waals surface area contributed by atoms with Crippen LogP contribution in [0.4, 0.5) is 0 Å². The summed E-state index contributed by atoms with van der Waals surface area (Å²) in [6.45, 7) is 8.75. The number of amides is 1. The summed E-state index contributed by atoms with van der Waals surface area (Å²) >= 11 is 0. The lowest BCUT2D eigenvalue weighted by Gasteiger charge is -2.33. The zero-order valence-corrected chi connectivity index (χ0v) is 17.0. The largest absolute Gasteiger partial charge is 0.363 e. The second kappa shape index (κ2) is 6.88. The van der Waals surface area contributed by atoms with E-state index in [9.17, 15) is 9.59 Å². The lowest BCUT2D eigenvalue weighted by molar-refractivity contribution is -0.0816. The summed E-state index contributed by atoms with van der Waals surface area (Å²) < 4.78 is 10.9. The third-order valence-electron chi connectivity index (χ3n) is 5.61. The van der Waals surface area contributed by atoms with Crippen molar-refractivity contribution in [2.45, 2.75) is 58.9 Å². The summed E-state index contributed by atoms with van der Waals surface area (Å²) in [4.78, 5) is 27.3. The molecule has 1 unspecified atom stereocenters. The lowest BCUT2D eigenvalue weighted by atomic mass is 10.0. The van der Waals surface area contributed by atoms with Gasteiger partial charge in [0.05, 0.1) is 18.8 Å². The fourth-order valence-electron chi connectivity index (χ4n) is 4.20. The Kier molecular flexibility index (Phi) is 4.65. The summed E-state index contributed by atoms with van der Waals surface area (Å²) in [5.74, 6) is 1.11. The molecule has 0 saturated carbocycles. The average molecular weight is 388 g/mol. The topological polar surface area (TPSA) is 87.2 Å². The minimum atomic E-state index is -0.520. The smallest absolute Gasteiger partial charge is 0.345 e. The number of rotatable bonds is 4. The number of carbonyl (C=O) groups excluding carboxylic acids is 1. The van der Waals surface area contributed by atoms with E-state index in [2.05, 4.69) is 24.0 Å². The van der Waals surface area contributed by atoms with Gasteiger partial charge in [0.2, 0.25) is 0 Å². The number of hydrogen-bond acceptors (Lipinski definition) is 5. The Morgan fingerprint density at radius 2 is 2.11 bits per heavy atom. The van der Waals surface area contributed by atoms with E-state index in [4.69, 9.17) is 4.74 Å². The van der Waals surface area contributed by atoms with Gasteiger partial charge in [0.1, 0.15) is 17.9 Å². The molecular weight excluding hydrogens is 360 g/mol. The van der Waals surface area contributed by atoms with Crippen molar-refractivity contribution >= 4 is 5.91 Å². The van der Waals surface area contributed by atoms with Crippen LogP contribution in [0.2, 0.25) is 0 Å². The molecule has 0 aromatic carbocycles. The van der Waals surface area contributed by atoms with Crippen LogP contribution in [-0.2, 0) is 37.9 Å². The molecule has 152 valence electrons. The van der Waals surface area contributed by atoms with Gasteiger partial charge in [-0.3, -0.25) is 14.0 Å². The molecule has 0 bridgehead atoms. The highest BCUT2D eigenvalue weighted by molar-refractivity contribution is 5.93. The Hall–Kier alpha value is -2.42. The highest BCUT2D eigenvalue weighted by atomic mass is 16.5. The Labute approximate surface area is 163 Å². The number of carbonyl (C=O) groups is 1. The van der Waals surface area contributed by atoms with E-state index in [0.717, 1.165) is 12.1 Å². The second-order valence-electron chi connectivity index (χ2n) is 8.29. The fourth-order valence-corrected chi connectivity index (χ4v) is 4.20. The molecule has 0 aliphatic carbocycles. The van der Waals surface area contributed by atoms with Crippen LogP contribution in [0.25, 0.3) is 0 Å². The van der Waals surface area contributed by atoms with Crippen molar-refractivity contribution in [3.63, 3.8) is 0 Å². The van der Waals surface area contributed by atoms with Crippen molar-refractivity contribution in [3.05, 3.63) is 33.8 Å². The molecule has 1 atom stereocenters. The van der Waals surface area contributed by atoms with Crippen molar-refractivity contribution in [2.75, 3.05) is 13.1 Å². The van der Waals surface area contributed by atoms with Crippen molar-refractivity contribution in [1.82, 2.24) is 29.0 Å². The van der Waals surface area contributed by atoms with E-state index < -0.39 is 5.60 Å². The zero-order valence-electron chi connectivity index (χ0n) is 17.0. The Morgan fingerprint density at radius 3 is 2.82 bits per heavy atom. The van der Waals surface area contributed by atoms with E-state index >= 15 is 0 Å². The van der Waals surface area contributed by atoms with E-state index in [1.807, 2.05) is 17.9 Å². The number of aryl methyl sites for hydroxylation is 2. The molecule has 1 spiro atoms. The molecule has 9 nitrogen and oxygen atoms in total. The fraction of sp³-hybridized carbons (Fsp3) is 0.684. The molecule has 2 aromatic heterocycles. The first-order chi connectivity index (χ1) is 13.3. The van der Waals surface area contributed by atoms with Gasteiger partial charge in [-0.15, -0.1) is 0 Å². The number of aromatic nitrogens is 5. The molecule has 2 aromatic rings. The number of nitrogens with zero attached hydrogens (tertiary/aromatic N) is 6. The number of ether oxygens (including phenoxy) is 1. The molecule has 9 heteroatoms. The molecule has 28 heavy (non-hydrogen) atoms. The molecule has 1 amide bonds. The summed E-state index contributed by atoms with van der Waals surface area (Å²) in [6, 6.07) is 1.92.